The first-order valence-corrected chi connectivity index (χ1v) is 4.31. The summed E-state index contributed by atoms with van der Waals surface area (Å²) >= 11 is 0. The number of H-pyrrole nitrogens is 2. The Balaban J connectivity index is 2.23. The van der Waals surface area contributed by atoms with Crippen molar-refractivity contribution in [1.82, 2.24) is 25.4 Å². The second-order valence-electron chi connectivity index (χ2n) is 2.83. The first kappa shape index (κ1) is 7.97. The van der Waals surface area contributed by atoms with Gasteiger partial charge in [0.05, 0.1) is 0 Å². The number of nitrogens with one attached hydrogen (secondary N) is 2. The van der Waals surface area contributed by atoms with Gasteiger partial charge in [0.25, 0.3) is 0 Å². The Bertz CT molecular complexity index is 362. The molecule has 0 bridgehead atoms. The van der Waals surface area contributed by atoms with Crippen molar-refractivity contribution >= 4 is 0 Å². The van der Waals surface area contributed by atoms with Gasteiger partial charge in [-0.15, -0.1) is 0 Å². The van der Waals surface area contributed by atoms with E-state index in [1.807, 2.05) is 6.07 Å². The van der Waals surface area contributed by atoms with E-state index >= 15 is 0 Å². The molecule has 5 heteroatoms. The summed E-state index contributed by atoms with van der Waals surface area (Å²) < 4.78 is 0. The van der Waals surface area contributed by atoms with Gasteiger partial charge in [-0.1, -0.05) is 6.92 Å². The molecule has 0 aliphatic rings. The van der Waals surface area contributed by atoms with Crippen molar-refractivity contribution in [2.75, 3.05) is 0 Å². The van der Waals surface area contributed by atoms with Crippen molar-refractivity contribution in [3.8, 4) is 11.5 Å². The minimum Gasteiger partial charge on any atom is -0.275 e. The van der Waals surface area contributed by atoms with Gasteiger partial charge < -0.3 is 0 Å². The number of nitrogens with zero attached hydrogens (tertiary/aromatic N) is 3. The fraction of sp³-hybridized carbons (Fsp3) is 0.375. The molecule has 0 amide bonds. The molecule has 13 heavy (non-hydrogen) atoms. The standard InChI is InChI=1S/C8H11N5/c1-2-3-7-10-8(13-12-7)6-4-5-9-11-6/h4-5H,2-3H2,1H3,(H,9,11)(H,10,12,13). The highest BCUT2D eigenvalue weighted by Gasteiger charge is 2.05. The van der Waals surface area contributed by atoms with Crippen molar-refractivity contribution in [2.45, 2.75) is 19.8 Å². The molecule has 2 aromatic heterocycles. The van der Waals surface area contributed by atoms with Crippen LogP contribution >= 0.6 is 0 Å². The van der Waals surface area contributed by atoms with Crippen molar-refractivity contribution < 1.29 is 0 Å². The number of hydrogen-bond acceptors (Lipinski definition) is 3. The van der Waals surface area contributed by atoms with Crippen LogP contribution in [0.3, 0.4) is 0 Å². The van der Waals surface area contributed by atoms with Crippen LogP contribution in [0.2, 0.25) is 0 Å². The third-order valence-electron chi connectivity index (χ3n) is 1.76. The molecular formula is C8H11N5. The Hall–Kier alpha value is -1.65. The van der Waals surface area contributed by atoms with E-state index in [9.17, 15) is 0 Å². The molecule has 0 atom stereocenters. The Morgan fingerprint density at radius 1 is 1.38 bits per heavy atom. The average Bonchev–Trinajstić information content (AvgIpc) is 2.70. The van der Waals surface area contributed by atoms with E-state index in [0.717, 1.165) is 24.4 Å². The number of aryl methyl sites for hydroxylation is 1. The second-order valence-corrected chi connectivity index (χ2v) is 2.83. The van der Waals surface area contributed by atoms with Crippen LogP contribution in [0.5, 0.6) is 0 Å². The van der Waals surface area contributed by atoms with Crippen LogP contribution in [0.15, 0.2) is 12.3 Å². The van der Waals surface area contributed by atoms with Crippen molar-refractivity contribution in [3.63, 3.8) is 0 Å². The van der Waals surface area contributed by atoms with Gasteiger partial charge in [-0.3, -0.25) is 10.2 Å². The van der Waals surface area contributed by atoms with Crippen LogP contribution in [0, 0.1) is 0 Å². The Labute approximate surface area is 75.6 Å². The van der Waals surface area contributed by atoms with Crippen molar-refractivity contribution in [3.05, 3.63) is 18.1 Å². The van der Waals surface area contributed by atoms with E-state index in [-0.39, 0.29) is 0 Å². The summed E-state index contributed by atoms with van der Waals surface area (Å²) in [4.78, 5) is 4.30. The van der Waals surface area contributed by atoms with Gasteiger partial charge in [0.1, 0.15) is 11.5 Å². The summed E-state index contributed by atoms with van der Waals surface area (Å²) in [5.41, 5.74) is 0.846. The highest BCUT2D eigenvalue weighted by molar-refractivity contribution is 5.46. The van der Waals surface area contributed by atoms with Gasteiger partial charge >= 0.3 is 0 Å². The zero-order chi connectivity index (χ0) is 9.10. The quantitative estimate of drug-likeness (QED) is 0.738. The fourth-order valence-electron chi connectivity index (χ4n) is 1.14. The smallest absolute Gasteiger partial charge is 0.199 e. The van der Waals surface area contributed by atoms with E-state index in [1.165, 1.54) is 0 Å². The molecule has 2 rings (SSSR count). The predicted molar refractivity (Wildman–Crippen MR) is 48.0 cm³/mol. The van der Waals surface area contributed by atoms with Gasteiger partial charge in [-0.05, 0) is 12.5 Å². The monoisotopic (exact) mass is 177 g/mol. The van der Waals surface area contributed by atoms with Gasteiger partial charge in [-0.2, -0.15) is 10.2 Å². The largest absolute Gasteiger partial charge is 0.275 e. The highest BCUT2D eigenvalue weighted by atomic mass is 15.2. The molecule has 0 aliphatic carbocycles. The van der Waals surface area contributed by atoms with Crippen LogP contribution in [0.1, 0.15) is 19.2 Å². The van der Waals surface area contributed by atoms with Crippen molar-refractivity contribution in [1.29, 1.82) is 0 Å². The maximum Gasteiger partial charge on any atom is 0.199 e. The topological polar surface area (TPSA) is 70.2 Å². The Morgan fingerprint density at radius 2 is 2.31 bits per heavy atom. The van der Waals surface area contributed by atoms with Crippen LogP contribution in [0.25, 0.3) is 11.5 Å². The van der Waals surface area contributed by atoms with Crippen LogP contribution < -0.4 is 0 Å². The molecule has 0 aromatic carbocycles. The van der Waals surface area contributed by atoms with Crippen molar-refractivity contribution in [2.24, 2.45) is 0 Å². The lowest BCUT2D eigenvalue weighted by Crippen LogP contribution is -1.85. The SMILES string of the molecule is CCCc1nc(-c2ccn[nH]2)n[nH]1. The van der Waals surface area contributed by atoms with Gasteiger partial charge in [0.2, 0.25) is 0 Å². The molecule has 0 unspecified atom stereocenters. The van der Waals surface area contributed by atoms with E-state index in [2.05, 4.69) is 32.3 Å². The van der Waals surface area contributed by atoms with E-state index in [4.69, 9.17) is 0 Å². The van der Waals surface area contributed by atoms with E-state index in [0.29, 0.717) is 5.82 Å². The lowest BCUT2D eigenvalue weighted by atomic mass is 10.3. The molecule has 0 radical (unpaired) electrons. The first-order valence-electron chi connectivity index (χ1n) is 4.31. The molecule has 2 N–H and O–H groups in total. The number of aromatic nitrogens is 5. The number of rotatable bonds is 3. The van der Waals surface area contributed by atoms with Crippen LogP contribution in [-0.2, 0) is 6.42 Å². The Kier molecular flexibility index (Phi) is 2.08. The molecule has 2 heterocycles. The summed E-state index contributed by atoms with van der Waals surface area (Å²) in [6, 6.07) is 1.85. The molecular weight excluding hydrogens is 166 g/mol. The summed E-state index contributed by atoms with van der Waals surface area (Å²) in [7, 11) is 0. The minimum atomic E-state index is 0.681. The average molecular weight is 177 g/mol. The van der Waals surface area contributed by atoms with Gasteiger partial charge in [-0.25, -0.2) is 4.98 Å². The second kappa shape index (κ2) is 3.38. The van der Waals surface area contributed by atoms with E-state index in [1.54, 1.807) is 6.20 Å². The number of hydrogen-bond donors (Lipinski definition) is 2. The van der Waals surface area contributed by atoms with Gasteiger partial charge in [0, 0.05) is 12.6 Å². The third kappa shape index (κ3) is 1.58. The predicted octanol–water partition coefficient (Wildman–Crippen LogP) is 1.15. The number of aromatic amines is 2. The van der Waals surface area contributed by atoms with Crippen LogP contribution in [-0.4, -0.2) is 25.4 Å². The highest BCUT2D eigenvalue weighted by Crippen LogP contribution is 2.09. The molecule has 2 aromatic rings. The zero-order valence-electron chi connectivity index (χ0n) is 7.41. The zero-order valence-corrected chi connectivity index (χ0v) is 7.41. The molecule has 0 aliphatic heterocycles. The summed E-state index contributed by atoms with van der Waals surface area (Å²) in [6.07, 6.45) is 3.68. The minimum absolute atomic E-state index is 0.681. The molecule has 0 spiro atoms. The molecule has 5 nitrogen and oxygen atoms in total. The molecule has 68 valence electrons. The van der Waals surface area contributed by atoms with Gasteiger partial charge in [0.15, 0.2) is 5.82 Å². The Morgan fingerprint density at radius 3 is 3.00 bits per heavy atom. The summed E-state index contributed by atoms with van der Waals surface area (Å²) in [5.74, 6) is 1.60. The van der Waals surface area contributed by atoms with E-state index < -0.39 is 0 Å². The first-order chi connectivity index (χ1) is 6.40. The third-order valence-corrected chi connectivity index (χ3v) is 1.76. The summed E-state index contributed by atoms with van der Waals surface area (Å²) in [6.45, 7) is 2.11. The fourth-order valence-corrected chi connectivity index (χ4v) is 1.14. The normalized spacial score (nSPS) is 10.5. The lowest BCUT2D eigenvalue weighted by Gasteiger charge is -1.86. The lowest BCUT2D eigenvalue weighted by molar-refractivity contribution is 0.841. The van der Waals surface area contributed by atoms with Crippen LogP contribution in [0.4, 0.5) is 0 Å². The molecule has 0 saturated carbocycles. The maximum atomic E-state index is 4.30. The molecule has 0 saturated heterocycles. The molecule has 0 fully saturated rings. The summed E-state index contributed by atoms with van der Waals surface area (Å²) in [5, 5.41) is 13.6. The maximum absolute atomic E-state index is 4.30.